The highest BCUT2D eigenvalue weighted by Crippen LogP contribution is 2.27. The summed E-state index contributed by atoms with van der Waals surface area (Å²) >= 11 is 6.10. The lowest BCUT2D eigenvalue weighted by atomic mass is 10.0. The van der Waals surface area contributed by atoms with Crippen LogP contribution in [0.5, 0.6) is 0 Å². The number of rotatable bonds is 2. The smallest absolute Gasteiger partial charge is 0.197 e. The fraction of sp³-hybridized carbons (Fsp3) is 0.0556. The molecular weight excluding hydrogens is 301 g/mol. The van der Waals surface area contributed by atoms with Crippen molar-refractivity contribution in [3.8, 4) is 22.3 Å². The molecule has 0 saturated heterocycles. The predicted octanol–water partition coefficient (Wildman–Crippen LogP) is 4.51. The van der Waals surface area contributed by atoms with Crippen molar-refractivity contribution >= 4 is 11.6 Å². The molecular formula is C18H13ClFNO. The Hall–Kier alpha value is -2.39. The van der Waals surface area contributed by atoms with Gasteiger partial charge in [0.15, 0.2) is 5.43 Å². The van der Waals surface area contributed by atoms with Crippen molar-refractivity contribution in [2.75, 3.05) is 0 Å². The molecule has 3 aromatic rings. The third kappa shape index (κ3) is 2.68. The van der Waals surface area contributed by atoms with Crippen LogP contribution in [0.2, 0.25) is 5.02 Å². The molecule has 0 N–H and O–H groups in total. The predicted molar refractivity (Wildman–Crippen MR) is 87.5 cm³/mol. The van der Waals surface area contributed by atoms with Gasteiger partial charge >= 0.3 is 0 Å². The second kappa shape index (κ2) is 5.78. The Morgan fingerprint density at radius 2 is 1.64 bits per heavy atom. The zero-order valence-corrected chi connectivity index (χ0v) is 12.6. The van der Waals surface area contributed by atoms with E-state index in [4.69, 9.17) is 11.6 Å². The van der Waals surface area contributed by atoms with Crippen LogP contribution in [0, 0.1) is 5.82 Å². The van der Waals surface area contributed by atoms with Crippen LogP contribution in [0.15, 0.2) is 65.7 Å². The minimum Gasteiger partial charge on any atom is -0.356 e. The van der Waals surface area contributed by atoms with E-state index in [0.717, 1.165) is 5.56 Å². The molecule has 2 nitrogen and oxygen atoms in total. The molecule has 0 aliphatic heterocycles. The van der Waals surface area contributed by atoms with Gasteiger partial charge in [-0.15, -0.1) is 0 Å². The van der Waals surface area contributed by atoms with Gasteiger partial charge in [-0.05, 0) is 23.8 Å². The number of aryl methyl sites for hydroxylation is 1. The fourth-order valence-electron chi connectivity index (χ4n) is 2.43. The van der Waals surface area contributed by atoms with E-state index in [2.05, 4.69) is 0 Å². The number of hydrogen-bond acceptors (Lipinski definition) is 1. The van der Waals surface area contributed by atoms with Crippen molar-refractivity contribution in [1.82, 2.24) is 4.57 Å². The largest absolute Gasteiger partial charge is 0.356 e. The molecule has 3 rings (SSSR count). The lowest BCUT2D eigenvalue weighted by molar-refractivity contribution is 0.628. The molecule has 0 aliphatic rings. The van der Waals surface area contributed by atoms with Crippen LogP contribution in [0.1, 0.15) is 0 Å². The number of halogens is 2. The normalized spacial score (nSPS) is 10.7. The summed E-state index contributed by atoms with van der Waals surface area (Å²) in [6.07, 6.45) is 3.48. The van der Waals surface area contributed by atoms with Crippen LogP contribution in [-0.4, -0.2) is 4.57 Å². The lowest BCUT2D eigenvalue weighted by Crippen LogP contribution is -2.11. The average Bonchev–Trinajstić information content (AvgIpc) is 2.50. The number of nitrogens with zero attached hydrogens (tertiary/aromatic N) is 1. The Morgan fingerprint density at radius 3 is 2.32 bits per heavy atom. The Labute approximate surface area is 132 Å². The van der Waals surface area contributed by atoms with Gasteiger partial charge in [-0.3, -0.25) is 4.79 Å². The lowest BCUT2D eigenvalue weighted by Gasteiger charge is -2.10. The van der Waals surface area contributed by atoms with E-state index in [1.54, 1.807) is 17.0 Å². The highest BCUT2D eigenvalue weighted by atomic mass is 35.5. The number of pyridine rings is 1. The standard InChI is InChI=1S/C18H13ClFNO/c1-21-10-15(12-5-3-2-4-6-12)18(22)16(11-21)14-8-7-13(20)9-17(14)19/h2-11H,1H3. The Balaban J connectivity index is 2.26. The zero-order valence-electron chi connectivity index (χ0n) is 11.9. The summed E-state index contributed by atoms with van der Waals surface area (Å²) in [7, 11) is 1.84. The highest BCUT2D eigenvalue weighted by Gasteiger charge is 2.13. The molecule has 0 bridgehead atoms. The van der Waals surface area contributed by atoms with Gasteiger partial charge in [0.25, 0.3) is 0 Å². The molecule has 0 atom stereocenters. The van der Waals surface area contributed by atoms with E-state index in [1.807, 2.05) is 37.4 Å². The van der Waals surface area contributed by atoms with Gasteiger partial charge in [-0.2, -0.15) is 0 Å². The van der Waals surface area contributed by atoms with Crippen molar-refractivity contribution in [2.45, 2.75) is 0 Å². The van der Waals surface area contributed by atoms with Crippen LogP contribution in [0.25, 0.3) is 22.3 Å². The maximum absolute atomic E-state index is 13.2. The molecule has 0 amide bonds. The first-order valence-electron chi connectivity index (χ1n) is 6.77. The molecule has 0 aliphatic carbocycles. The van der Waals surface area contributed by atoms with Crippen LogP contribution in [0.3, 0.4) is 0 Å². The topological polar surface area (TPSA) is 22.0 Å². The molecule has 0 fully saturated rings. The Bertz CT molecular complexity index is 887. The second-order valence-corrected chi connectivity index (χ2v) is 5.48. The molecule has 0 unspecified atom stereocenters. The van der Waals surface area contributed by atoms with Crippen LogP contribution in [-0.2, 0) is 7.05 Å². The SMILES string of the molecule is Cn1cc(-c2ccccc2)c(=O)c(-c2ccc(F)cc2Cl)c1. The summed E-state index contributed by atoms with van der Waals surface area (Å²) in [4.78, 5) is 12.8. The summed E-state index contributed by atoms with van der Waals surface area (Å²) < 4.78 is 15.0. The van der Waals surface area contributed by atoms with Crippen LogP contribution >= 0.6 is 11.6 Å². The molecule has 0 radical (unpaired) electrons. The van der Waals surface area contributed by atoms with E-state index < -0.39 is 5.82 Å². The Morgan fingerprint density at radius 1 is 0.955 bits per heavy atom. The van der Waals surface area contributed by atoms with Gasteiger partial charge in [0, 0.05) is 36.1 Å². The zero-order chi connectivity index (χ0) is 15.7. The van der Waals surface area contributed by atoms with E-state index in [9.17, 15) is 9.18 Å². The summed E-state index contributed by atoms with van der Waals surface area (Å²) in [5.41, 5.74) is 2.28. The van der Waals surface area contributed by atoms with Crippen molar-refractivity contribution < 1.29 is 4.39 Å². The third-order valence-corrected chi connectivity index (χ3v) is 3.77. The van der Waals surface area contributed by atoms with E-state index in [1.165, 1.54) is 18.2 Å². The monoisotopic (exact) mass is 313 g/mol. The molecule has 4 heteroatoms. The third-order valence-electron chi connectivity index (χ3n) is 3.46. The fourth-order valence-corrected chi connectivity index (χ4v) is 2.70. The minimum absolute atomic E-state index is 0.127. The van der Waals surface area contributed by atoms with Crippen molar-refractivity contribution in [3.63, 3.8) is 0 Å². The minimum atomic E-state index is -0.426. The maximum atomic E-state index is 13.2. The van der Waals surface area contributed by atoms with Crippen molar-refractivity contribution in [3.05, 3.63) is 82.0 Å². The number of benzene rings is 2. The van der Waals surface area contributed by atoms with Crippen LogP contribution in [0.4, 0.5) is 4.39 Å². The van der Waals surface area contributed by atoms with Gasteiger partial charge in [0.05, 0.1) is 5.02 Å². The second-order valence-electron chi connectivity index (χ2n) is 5.07. The summed E-state index contributed by atoms with van der Waals surface area (Å²) in [6, 6.07) is 13.5. The highest BCUT2D eigenvalue weighted by molar-refractivity contribution is 6.33. The molecule has 1 aromatic heterocycles. The van der Waals surface area contributed by atoms with E-state index in [0.29, 0.717) is 16.7 Å². The molecule has 1 heterocycles. The van der Waals surface area contributed by atoms with Gasteiger partial charge in [-0.1, -0.05) is 41.9 Å². The van der Waals surface area contributed by atoms with Gasteiger partial charge < -0.3 is 4.57 Å². The molecule has 2 aromatic carbocycles. The van der Waals surface area contributed by atoms with E-state index in [-0.39, 0.29) is 10.5 Å². The summed E-state index contributed by atoms with van der Waals surface area (Å²) in [5, 5.41) is 0.224. The van der Waals surface area contributed by atoms with E-state index >= 15 is 0 Å². The Kier molecular flexibility index (Phi) is 3.82. The first-order valence-corrected chi connectivity index (χ1v) is 7.15. The van der Waals surface area contributed by atoms with Crippen molar-refractivity contribution in [2.24, 2.45) is 7.05 Å². The summed E-state index contributed by atoms with van der Waals surface area (Å²) in [5.74, 6) is -0.426. The first-order chi connectivity index (χ1) is 10.6. The van der Waals surface area contributed by atoms with Gasteiger partial charge in [0.1, 0.15) is 5.82 Å². The molecule has 22 heavy (non-hydrogen) atoms. The van der Waals surface area contributed by atoms with Gasteiger partial charge in [0.2, 0.25) is 0 Å². The van der Waals surface area contributed by atoms with Crippen molar-refractivity contribution in [1.29, 1.82) is 0 Å². The maximum Gasteiger partial charge on any atom is 0.197 e. The van der Waals surface area contributed by atoms with Gasteiger partial charge in [-0.25, -0.2) is 4.39 Å². The quantitative estimate of drug-likeness (QED) is 0.682. The number of aromatic nitrogens is 1. The molecule has 0 spiro atoms. The first kappa shape index (κ1) is 14.5. The molecule has 0 saturated carbocycles. The number of hydrogen-bond donors (Lipinski definition) is 0. The molecule has 110 valence electrons. The van der Waals surface area contributed by atoms with Crippen LogP contribution < -0.4 is 5.43 Å². The summed E-state index contributed by atoms with van der Waals surface area (Å²) in [6.45, 7) is 0. The average molecular weight is 314 g/mol.